The van der Waals surface area contributed by atoms with Crippen molar-refractivity contribution in [3.8, 4) is 5.75 Å². The second-order valence-electron chi connectivity index (χ2n) is 9.81. The lowest BCUT2D eigenvalue weighted by Crippen LogP contribution is -2.40. The van der Waals surface area contributed by atoms with E-state index in [1.54, 1.807) is 24.3 Å². The number of carboxylic acid groups (broad SMARTS) is 1. The maximum absolute atomic E-state index is 14.1. The number of hydrogen-bond donors (Lipinski definition) is 3. The fourth-order valence-electron chi connectivity index (χ4n) is 4.67. The first kappa shape index (κ1) is 27.3. The number of para-hydroxylation sites is 1. The quantitative estimate of drug-likeness (QED) is 0.313. The first-order chi connectivity index (χ1) is 17.3. The molecule has 0 heterocycles. The number of carboxylic acids is 1. The smallest absolute Gasteiger partial charge is 0.344 e. The van der Waals surface area contributed by atoms with E-state index in [1.165, 1.54) is 18.6 Å². The van der Waals surface area contributed by atoms with Gasteiger partial charge in [-0.3, -0.25) is 0 Å². The SMILES string of the molecule is CCCC(Oc1ccc(N(CC(C)C)C2CCCCC2)c(NC(=O)Nc2ccccc2F)c1)C(=O)O. The Labute approximate surface area is 213 Å². The lowest BCUT2D eigenvalue weighted by molar-refractivity contribution is -0.145. The van der Waals surface area contributed by atoms with Crippen LogP contribution in [-0.2, 0) is 4.79 Å². The van der Waals surface area contributed by atoms with Crippen molar-refractivity contribution in [3.63, 3.8) is 0 Å². The van der Waals surface area contributed by atoms with Crippen LogP contribution in [0.4, 0.5) is 26.2 Å². The molecule has 7 nitrogen and oxygen atoms in total. The van der Waals surface area contributed by atoms with Gasteiger partial charge in [-0.05, 0) is 49.4 Å². The van der Waals surface area contributed by atoms with Crippen LogP contribution >= 0.6 is 0 Å². The van der Waals surface area contributed by atoms with Gasteiger partial charge in [-0.1, -0.05) is 58.6 Å². The van der Waals surface area contributed by atoms with Crippen molar-refractivity contribution in [3.05, 3.63) is 48.3 Å². The van der Waals surface area contributed by atoms with E-state index < -0.39 is 23.9 Å². The van der Waals surface area contributed by atoms with Crippen LogP contribution in [0.15, 0.2) is 42.5 Å². The summed E-state index contributed by atoms with van der Waals surface area (Å²) in [7, 11) is 0. The average Bonchev–Trinajstić information content (AvgIpc) is 2.84. The van der Waals surface area contributed by atoms with Gasteiger partial charge in [0.1, 0.15) is 11.6 Å². The highest BCUT2D eigenvalue weighted by molar-refractivity contribution is 6.02. The number of carbonyl (C=O) groups excluding carboxylic acids is 1. The number of urea groups is 1. The number of rotatable bonds is 11. The normalized spacial score (nSPS) is 14.8. The summed E-state index contributed by atoms with van der Waals surface area (Å²) < 4.78 is 19.9. The van der Waals surface area contributed by atoms with Crippen molar-refractivity contribution < 1.29 is 23.8 Å². The third-order valence-electron chi connectivity index (χ3n) is 6.33. The third-order valence-corrected chi connectivity index (χ3v) is 6.33. The Morgan fingerprint density at radius 3 is 2.42 bits per heavy atom. The molecule has 0 aromatic heterocycles. The molecule has 0 spiro atoms. The van der Waals surface area contributed by atoms with Crippen LogP contribution in [0.2, 0.25) is 0 Å². The molecule has 2 aromatic rings. The van der Waals surface area contributed by atoms with E-state index in [9.17, 15) is 19.1 Å². The van der Waals surface area contributed by atoms with Gasteiger partial charge >= 0.3 is 12.0 Å². The highest BCUT2D eigenvalue weighted by Crippen LogP contribution is 2.36. The molecule has 1 saturated carbocycles. The highest BCUT2D eigenvalue weighted by Gasteiger charge is 2.26. The van der Waals surface area contributed by atoms with Gasteiger partial charge in [-0.25, -0.2) is 14.0 Å². The maximum Gasteiger partial charge on any atom is 0.344 e. The summed E-state index contributed by atoms with van der Waals surface area (Å²) in [5, 5.41) is 15.0. The number of hydrogen-bond acceptors (Lipinski definition) is 4. The zero-order valence-corrected chi connectivity index (χ0v) is 21.4. The molecule has 196 valence electrons. The molecule has 1 atom stereocenters. The summed E-state index contributed by atoms with van der Waals surface area (Å²) >= 11 is 0. The fraction of sp³-hybridized carbons (Fsp3) is 0.500. The summed E-state index contributed by atoms with van der Waals surface area (Å²) in [6.07, 6.45) is 5.74. The summed E-state index contributed by atoms with van der Waals surface area (Å²) in [4.78, 5) is 26.9. The van der Waals surface area contributed by atoms with Gasteiger partial charge in [0, 0.05) is 18.7 Å². The standard InChI is InChI=1S/C28H38FN3O4/c1-4-10-26(27(33)34)36-21-15-16-25(32(18-19(2)3)20-11-6-5-7-12-20)24(17-21)31-28(35)30-23-14-9-8-13-22(23)29/h8-9,13-17,19-20,26H,4-7,10-12,18H2,1-3H3,(H,33,34)(H2,30,31,35). The topological polar surface area (TPSA) is 90.9 Å². The molecule has 2 aromatic carbocycles. The van der Waals surface area contributed by atoms with Crippen LogP contribution in [0, 0.1) is 11.7 Å². The number of anilines is 3. The van der Waals surface area contributed by atoms with Crippen molar-refractivity contribution >= 4 is 29.1 Å². The number of nitrogens with one attached hydrogen (secondary N) is 2. The van der Waals surface area contributed by atoms with Crippen molar-refractivity contribution in [2.24, 2.45) is 5.92 Å². The molecule has 0 bridgehead atoms. The number of benzene rings is 2. The molecule has 36 heavy (non-hydrogen) atoms. The lowest BCUT2D eigenvalue weighted by atomic mass is 9.93. The van der Waals surface area contributed by atoms with Crippen molar-refractivity contribution in [1.82, 2.24) is 0 Å². The molecular formula is C28H38FN3O4. The third kappa shape index (κ3) is 7.60. The van der Waals surface area contributed by atoms with E-state index in [2.05, 4.69) is 29.4 Å². The van der Waals surface area contributed by atoms with Crippen molar-refractivity contribution in [2.75, 3.05) is 22.1 Å². The van der Waals surface area contributed by atoms with Crippen LogP contribution in [0.3, 0.4) is 0 Å². The predicted molar refractivity (Wildman–Crippen MR) is 142 cm³/mol. The van der Waals surface area contributed by atoms with E-state index >= 15 is 0 Å². The Kier molecular flexibility index (Phi) is 9.96. The van der Waals surface area contributed by atoms with E-state index in [1.807, 2.05) is 13.0 Å². The lowest BCUT2D eigenvalue weighted by Gasteiger charge is -2.38. The first-order valence-electron chi connectivity index (χ1n) is 12.9. The molecule has 1 fully saturated rings. The maximum atomic E-state index is 14.1. The van der Waals surface area contributed by atoms with Gasteiger partial charge in [-0.15, -0.1) is 0 Å². The van der Waals surface area contributed by atoms with E-state index in [-0.39, 0.29) is 5.69 Å². The summed E-state index contributed by atoms with van der Waals surface area (Å²) in [6, 6.07) is 11.0. The molecule has 1 aliphatic carbocycles. The van der Waals surface area contributed by atoms with Gasteiger partial charge in [0.05, 0.1) is 17.1 Å². The number of carbonyl (C=O) groups is 2. The van der Waals surface area contributed by atoms with E-state index in [4.69, 9.17) is 4.74 Å². The fourth-order valence-corrected chi connectivity index (χ4v) is 4.67. The second-order valence-corrected chi connectivity index (χ2v) is 9.81. The van der Waals surface area contributed by atoms with Crippen LogP contribution in [0.1, 0.15) is 65.7 Å². The Hall–Kier alpha value is -3.29. The molecule has 8 heteroatoms. The summed E-state index contributed by atoms with van der Waals surface area (Å²) in [5.74, 6) is -0.813. The summed E-state index contributed by atoms with van der Waals surface area (Å²) in [6.45, 7) is 7.03. The van der Waals surface area contributed by atoms with Crippen LogP contribution in [0.5, 0.6) is 5.75 Å². The molecule has 0 radical (unpaired) electrons. The molecule has 2 amide bonds. The molecule has 0 saturated heterocycles. The zero-order valence-electron chi connectivity index (χ0n) is 21.4. The van der Waals surface area contributed by atoms with Crippen molar-refractivity contribution in [1.29, 1.82) is 0 Å². The Morgan fingerprint density at radius 2 is 1.78 bits per heavy atom. The monoisotopic (exact) mass is 499 g/mol. The highest BCUT2D eigenvalue weighted by atomic mass is 19.1. The largest absolute Gasteiger partial charge is 0.479 e. The Balaban J connectivity index is 1.95. The molecule has 3 rings (SSSR count). The number of halogens is 1. The van der Waals surface area contributed by atoms with E-state index in [0.29, 0.717) is 36.2 Å². The van der Waals surface area contributed by atoms with Crippen LogP contribution in [0.25, 0.3) is 0 Å². The van der Waals surface area contributed by atoms with Gasteiger partial charge in [0.2, 0.25) is 0 Å². The molecule has 0 aliphatic heterocycles. The Bertz CT molecular complexity index is 1020. The predicted octanol–water partition coefficient (Wildman–Crippen LogP) is 6.90. The van der Waals surface area contributed by atoms with Crippen LogP contribution < -0.4 is 20.3 Å². The minimum atomic E-state index is -1.03. The molecule has 1 aliphatic rings. The molecule has 1 unspecified atom stereocenters. The average molecular weight is 500 g/mol. The first-order valence-corrected chi connectivity index (χ1v) is 12.9. The van der Waals surface area contributed by atoms with E-state index in [0.717, 1.165) is 37.9 Å². The number of ether oxygens (including phenoxy) is 1. The van der Waals surface area contributed by atoms with Gasteiger partial charge in [0.25, 0.3) is 0 Å². The van der Waals surface area contributed by atoms with Gasteiger partial charge in [0.15, 0.2) is 6.10 Å². The van der Waals surface area contributed by atoms with Gasteiger partial charge < -0.3 is 25.4 Å². The number of nitrogens with zero attached hydrogens (tertiary/aromatic N) is 1. The molecular weight excluding hydrogens is 461 g/mol. The van der Waals surface area contributed by atoms with Crippen LogP contribution in [-0.4, -0.2) is 35.8 Å². The molecule has 3 N–H and O–H groups in total. The van der Waals surface area contributed by atoms with Gasteiger partial charge in [-0.2, -0.15) is 0 Å². The second kappa shape index (κ2) is 13.1. The number of amides is 2. The number of aliphatic carboxylic acids is 1. The Morgan fingerprint density at radius 1 is 1.08 bits per heavy atom. The zero-order chi connectivity index (χ0) is 26.1. The minimum absolute atomic E-state index is 0.0733. The summed E-state index contributed by atoms with van der Waals surface area (Å²) in [5.41, 5.74) is 1.41. The minimum Gasteiger partial charge on any atom is -0.479 e. The van der Waals surface area contributed by atoms with Crippen molar-refractivity contribution in [2.45, 2.75) is 77.9 Å².